The molecule has 0 unspecified atom stereocenters. The highest BCUT2D eigenvalue weighted by atomic mass is 16.5. The molecule has 9 nitrogen and oxygen atoms in total. The average Bonchev–Trinajstić information content (AvgIpc) is 3.63. The highest BCUT2D eigenvalue weighted by molar-refractivity contribution is 6.04. The summed E-state index contributed by atoms with van der Waals surface area (Å²) in [5, 5.41) is 13.2. The maximum Gasteiger partial charge on any atom is 0.257 e. The maximum absolute atomic E-state index is 12.6. The van der Waals surface area contributed by atoms with Gasteiger partial charge in [-0.2, -0.15) is 5.10 Å². The molecule has 176 valence electrons. The van der Waals surface area contributed by atoms with Crippen LogP contribution in [0.1, 0.15) is 21.6 Å². The molecule has 3 aromatic heterocycles. The van der Waals surface area contributed by atoms with Crippen LogP contribution in [-0.4, -0.2) is 31.1 Å². The summed E-state index contributed by atoms with van der Waals surface area (Å²) in [5.41, 5.74) is 6.70. The zero-order valence-electron chi connectivity index (χ0n) is 19.1. The lowest BCUT2D eigenvalue weighted by atomic mass is 10.1. The van der Waals surface area contributed by atoms with Crippen molar-refractivity contribution in [2.45, 2.75) is 13.2 Å². The molecule has 0 bridgehead atoms. The predicted octanol–water partition coefficient (Wildman–Crippen LogP) is 4.95. The van der Waals surface area contributed by atoms with Gasteiger partial charge in [-0.25, -0.2) is 9.97 Å². The fourth-order valence-electron chi connectivity index (χ4n) is 4.01. The minimum Gasteiger partial charge on any atom is -0.370 e. The highest BCUT2D eigenvalue weighted by Crippen LogP contribution is 2.31. The first-order valence-corrected chi connectivity index (χ1v) is 11.4. The highest BCUT2D eigenvalue weighted by Gasteiger charge is 2.21. The number of ether oxygens (including phenoxy) is 1. The smallest absolute Gasteiger partial charge is 0.257 e. The number of nitrogens with zero attached hydrogens (tertiary/aromatic N) is 4. The third-order valence-corrected chi connectivity index (χ3v) is 5.86. The summed E-state index contributed by atoms with van der Waals surface area (Å²) in [6, 6.07) is 19.0. The Morgan fingerprint density at radius 1 is 0.889 bits per heavy atom. The number of hydrogen-bond donors (Lipinski definition) is 3. The molecule has 1 amide bonds. The Kier molecular flexibility index (Phi) is 5.65. The van der Waals surface area contributed by atoms with Crippen LogP contribution in [-0.2, 0) is 18.0 Å². The predicted molar refractivity (Wildman–Crippen MR) is 135 cm³/mol. The first kappa shape index (κ1) is 21.6. The summed E-state index contributed by atoms with van der Waals surface area (Å²) in [4.78, 5) is 26.1. The summed E-state index contributed by atoms with van der Waals surface area (Å²) >= 11 is 0. The van der Waals surface area contributed by atoms with Gasteiger partial charge in [0.2, 0.25) is 0 Å². The van der Waals surface area contributed by atoms with Gasteiger partial charge in [0.25, 0.3) is 5.91 Å². The minimum absolute atomic E-state index is 0.232. The van der Waals surface area contributed by atoms with Gasteiger partial charge in [-0.15, -0.1) is 0 Å². The van der Waals surface area contributed by atoms with Crippen LogP contribution >= 0.6 is 0 Å². The molecule has 1 aliphatic rings. The first-order chi connectivity index (χ1) is 17.7. The van der Waals surface area contributed by atoms with E-state index in [0.717, 1.165) is 33.6 Å². The fraction of sp³-hybridized carbons (Fsp3) is 0.0741. The monoisotopic (exact) mass is 475 g/mol. The SMILES string of the molecule is O=C(Nc1cccc(-c2nc3c(c(Nc4ccc(-c5cn[nH]c5)cc4)n2)COC3)c1)c1cccnc1. The lowest BCUT2D eigenvalue weighted by Gasteiger charge is -2.13. The zero-order chi connectivity index (χ0) is 24.3. The molecule has 0 atom stereocenters. The molecule has 0 aliphatic carbocycles. The van der Waals surface area contributed by atoms with Crippen molar-refractivity contribution >= 4 is 23.1 Å². The van der Waals surface area contributed by atoms with Gasteiger partial charge < -0.3 is 15.4 Å². The third-order valence-electron chi connectivity index (χ3n) is 5.86. The van der Waals surface area contributed by atoms with E-state index in [1.807, 2.05) is 54.7 Å². The molecule has 0 saturated heterocycles. The number of aromatic amines is 1. The van der Waals surface area contributed by atoms with Crippen LogP contribution in [0.3, 0.4) is 0 Å². The molecule has 4 heterocycles. The molecule has 9 heteroatoms. The van der Waals surface area contributed by atoms with E-state index in [0.29, 0.717) is 36.1 Å². The minimum atomic E-state index is -0.232. The van der Waals surface area contributed by atoms with Gasteiger partial charge in [-0.3, -0.25) is 14.9 Å². The number of pyridine rings is 1. The molecular formula is C27H21N7O2. The Morgan fingerprint density at radius 2 is 1.81 bits per heavy atom. The van der Waals surface area contributed by atoms with E-state index < -0.39 is 0 Å². The Balaban J connectivity index is 1.28. The Morgan fingerprint density at radius 3 is 2.61 bits per heavy atom. The van der Waals surface area contributed by atoms with Crippen LogP contribution in [0.25, 0.3) is 22.5 Å². The van der Waals surface area contributed by atoms with Crippen LogP contribution in [0.5, 0.6) is 0 Å². The van der Waals surface area contributed by atoms with Gasteiger partial charge in [0.1, 0.15) is 5.82 Å². The average molecular weight is 476 g/mol. The van der Waals surface area contributed by atoms with Crippen LogP contribution in [0.4, 0.5) is 17.2 Å². The number of carbonyl (C=O) groups excluding carboxylic acids is 1. The number of nitrogens with one attached hydrogen (secondary N) is 3. The van der Waals surface area contributed by atoms with Crippen molar-refractivity contribution in [3.63, 3.8) is 0 Å². The summed E-state index contributed by atoms with van der Waals surface area (Å²) in [6.45, 7) is 0.878. The van der Waals surface area contributed by atoms with E-state index in [1.54, 1.807) is 24.5 Å². The zero-order valence-corrected chi connectivity index (χ0v) is 19.1. The second-order valence-electron chi connectivity index (χ2n) is 8.28. The maximum atomic E-state index is 12.6. The summed E-state index contributed by atoms with van der Waals surface area (Å²) in [5.74, 6) is 1.02. The van der Waals surface area contributed by atoms with Gasteiger partial charge in [-0.05, 0) is 42.0 Å². The van der Waals surface area contributed by atoms with Crippen molar-refractivity contribution in [1.29, 1.82) is 0 Å². The van der Waals surface area contributed by atoms with Crippen molar-refractivity contribution < 1.29 is 9.53 Å². The molecule has 5 aromatic rings. The van der Waals surface area contributed by atoms with Gasteiger partial charge in [0.15, 0.2) is 5.82 Å². The van der Waals surface area contributed by atoms with E-state index in [1.165, 1.54) is 6.20 Å². The topological polar surface area (TPSA) is 118 Å². The molecule has 0 saturated carbocycles. The van der Waals surface area contributed by atoms with Crippen molar-refractivity contribution in [3.8, 4) is 22.5 Å². The summed E-state index contributed by atoms with van der Waals surface area (Å²) in [6.07, 6.45) is 6.81. The molecule has 6 rings (SSSR count). The molecule has 36 heavy (non-hydrogen) atoms. The number of carbonyl (C=O) groups is 1. The number of H-pyrrole nitrogens is 1. The molecule has 3 N–H and O–H groups in total. The van der Waals surface area contributed by atoms with E-state index in [2.05, 4.69) is 25.8 Å². The molecule has 0 radical (unpaired) electrons. The molecule has 1 aliphatic heterocycles. The lowest BCUT2D eigenvalue weighted by molar-refractivity contribution is 0.102. The van der Waals surface area contributed by atoms with Gasteiger partial charge in [0.05, 0.1) is 30.7 Å². The molecule has 2 aromatic carbocycles. The first-order valence-electron chi connectivity index (χ1n) is 11.4. The van der Waals surface area contributed by atoms with Crippen LogP contribution < -0.4 is 10.6 Å². The quantitative estimate of drug-likeness (QED) is 0.318. The Hall–Kier alpha value is -4.89. The largest absolute Gasteiger partial charge is 0.370 e. The number of fused-ring (bicyclic) bond motifs is 1. The van der Waals surface area contributed by atoms with E-state index in [-0.39, 0.29) is 5.91 Å². The Bertz CT molecular complexity index is 1520. The fourth-order valence-corrected chi connectivity index (χ4v) is 4.01. The third kappa shape index (κ3) is 4.42. The van der Waals surface area contributed by atoms with E-state index in [9.17, 15) is 4.79 Å². The van der Waals surface area contributed by atoms with Crippen LogP contribution in [0.15, 0.2) is 85.5 Å². The molecule has 0 spiro atoms. The van der Waals surface area contributed by atoms with Crippen molar-refractivity contribution in [2.75, 3.05) is 10.6 Å². The standard InChI is InChI=1S/C27H21N7O2/c35-27(19-4-2-10-28-12-19)32-22-5-1-3-18(11-22)25-33-24-16-36-15-23(24)26(34-25)31-21-8-6-17(7-9-21)20-13-29-30-14-20/h1-14H,15-16H2,(H,29,30)(H,32,35)(H,31,33,34). The number of benzene rings is 2. The molecular weight excluding hydrogens is 454 g/mol. The lowest BCUT2D eigenvalue weighted by Crippen LogP contribution is -2.12. The number of rotatable bonds is 6. The number of anilines is 3. The summed E-state index contributed by atoms with van der Waals surface area (Å²) in [7, 11) is 0. The van der Waals surface area contributed by atoms with Crippen LogP contribution in [0.2, 0.25) is 0 Å². The number of aromatic nitrogens is 5. The van der Waals surface area contributed by atoms with Crippen LogP contribution in [0, 0.1) is 0 Å². The van der Waals surface area contributed by atoms with Gasteiger partial charge in [0, 0.05) is 46.7 Å². The van der Waals surface area contributed by atoms with Gasteiger partial charge in [-0.1, -0.05) is 24.3 Å². The number of amides is 1. The second-order valence-corrected chi connectivity index (χ2v) is 8.28. The second kappa shape index (κ2) is 9.40. The van der Waals surface area contributed by atoms with Crippen molar-refractivity contribution in [1.82, 2.24) is 25.1 Å². The van der Waals surface area contributed by atoms with Crippen molar-refractivity contribution in [2.24, 2.45) is 0 Å². The van der Waals surface area contributed by atoms with E-state index >= 15 is 0 Å². The van der Waals surface area contributed by atoms with Crippen molar-refractivity contribution in [3.05, 3.63) is 102 Å². The Labute approximate surface area is 206 Å². The summed E-state index contributed by atoms with van der Waals surface area (Å²) < 4.78 is 5.66. The number of hydrogen-bond acceptors (Lipinski definition) is 7. The molecule has 0 fully saturated rings. The normalized spacial score (nSPS) is 12.2. The van der Waals surface area contributed by atoms with Gasteiger partial charge >= 0.3 is 0 Å². The van der Waals surface area contributed by atoms with E-state index in [4.69, 9.17) is 14.7 Å².